The summed E-state index contributed by atoms with van der Waals surface area (Å²) in [7, 11) is -0.119. The molecule has 1 saturated heterocycles. The lowest BCUT2D eigenvalue weighted by Crippen LogP contribution is -2.43. The molecule has 0 unspecified atom stereocenters. The number of aromatic nitrogens is 3. The van der Waals surface area contributed by atoms with Crippen molar-refractivity contribution in [3.05, 3.63) is 63.2 Å². The molecule has 0 aliphatic carbocycles. The summed E-state index contributed by atoms with van der Waals surface area (Å²) in [6.07, 6.45) is -0.917. The average Bonchev–Trinajstić information content (AvgIpc) is 2.82. The summed E-state index contributed by atoms with van der Waals surface area (Å²) in [5.41, 5.74) is 0.526. The molecule has 1 aliphatic rings. The highest BCUT2D eigenvalue weighted by molar-refractivity contribution is 7.91. The van der Waals surface area contributed by atoms with E-state index >= 15 is 0 Å². The van der Waals surface area contributed by atoms with Crippen LogP contribution in [0.3, 0.4) is 0 Å². The first kappa shape index (κ1) is 25.2. The van der Waals surface area contributed by atoms with Crippen LogP contribution in [0.15, 0.2) is 35.4 Å². The predicted octanol–water partition coefficient (Wildman–Crippen LogP) is 3.80. The molecule has 8 nitrogen and oxygen atoms in total. The number of ether oxygens (including phenoxy) is 1. The van der Waals surface area contributed by atoms with Gasteiger partial charge in [-0.1, -0.05) is 18.2 Å². The minimum atomic E-state index is -3.19. The third-order valence-corrected chi connectivity index (χ3v) is 8.64. The summed E-state index contributed by atoms with van der Waals surface area (Å²) in [6.45, 7) is 3.51. The maximum atomic E-state index is 13.4. The van der Waals surface area contributed by atoms with Crippen molar-refractivity contribution >= 4 is 26.7 Å². The molecule has 0 amide bonds. The van der Waals surface area contributed by atoms with Crippen LogP contribution in [0, 0.1) is 6.92 Å². The molecular weight excluding hydrogens is 478 g/mol. The lowest BCUT2D eigenvalue weighted by atomic mass is 9.88. The number of methoxy groups -OCH3 is 1. The Labute approximate surface area is 202 Å². The SMILES string of the molecule is COC1(c2cc3c(N[C@H](C)c4cccc(C(F)F)c4C)ncnc3n(C)c2=O)CCS(=O)(=O)CC1. The first-order valence-corrected chi connectivity index (χ1v) is 13.1. The van der Waals surface area contributed by atoms with Crippen molar-refractivity contribution in [3.8, 4) is 0 Å². The number of nitrogens with zero attached hydrogens (tertiary/aromatic N) is 3. The Morgan fingerprint density at radius 3 is 2.46 bits per heavy atom. The van der Waals surface area contributed by atoms with Gasteiger partial charge in [-0.3, -0.25) is 9.36 Å². The maximum Gasteiger partial charge on any atom is 0.264 e. The van der Waals surface area contributed by atoms with Crippen LogP contribution in [-0.4, -0.2) is 41.6 Å². The zero-order valence-electron chi connectivity index (χ0n) is 20.0. The Balaban J connectivity index is 1.81. The van der Waals surface area contributed by atoms with E-state index in [-0.39, 0.29) is 41.5 Å². The minimum absolute atomic E-state index is 0.0253. The normalized spacial score (nSPS) is 18.0. The van der Waals surface area contributed by atoms with Gasteiger partial charge in [0.05, 0.1) is 28.5 Å². The van der Waals surface area contributed by atoms with Gasteiger partial charge in [0.25, 0.3) is 12.0 Å². The van der Waals surface area contributed by atoms with Crippen molar-refractivity contribution in [2.24, 2.45) is 7.05 Å². The fraction of sp³-hybridized carbons (Fsp3) is 0.458. The number of hydrogen-bond donors (Lipinski definition) is 1. The summed E-state index contributed by atoms with van der Waals surface area (Å²) >= 11 is 0. The zero-order valence-corrected chi connectivity index (χ0v) is 20.8. The Morgan fingerprint density at radius 2 is 1.83 bits per heavy atom. The van der Waals surface area contributed by atoms with E-state index in [2.05, 4.69) is 15.3 Å². The highest BCUT2D eigenvalue weighted by Gasteiger charge is 2.41. The summed E-state index contributed by atoms with van der Waals surface area (Å²) in [5, 5.41) is 3.83. The van der Waals surface area contributed by atoms with E-state index in [1.54, 1.807) is 32.2 Å². The molecule has 4 rings (SSSR count). The van der Waals surface area contributed by atoms with Gasteiger partial charge in [-0.2, -0.15) is 0 Å². The molecule has 3 aromatic rings. The summed E-state index contributed by atoms with van der Waals surface area (Å²) in [4.78, 5) is 21.9. The molecule has 2 aromatic heterocycles. The number of rotatable bonds is 6. The Hall–Kier alpha value is -2.92. The number of pyridine rings is 1. The molecule has 0 saturated carbocycles. The molecule has 188 valence electrons. The van der Waals surface area contributed by atoms with Gasteiger partial charge < -0.3 is 10.1 Å². The smallest absolute Gasteiger partial charge is 0.264 e. The highest BCUT2D eigenvalue weighted by atomic mass is 32.2. The van der Waals surface area contributed by atoms with Gasteiger partial charge >= 0.3 is 0 Å². The molecular formula is C24H28F2N4O4S. The highest BCUT2D eigenvalue weighted by Crippen LogP contribution is 2.37. The Kier molecular flexibility index (Phi) is 6.67. The fourth-order valence-corrected chi connectivity index (χ4v) is 6.31. The van der Waals surface area contributed by atoms with Crippen LogP contribution in [0.1, 0.15) is 54.5 Å². The number of sulfone groups is 1. The number of hydrogen-bond acceptors (Lipinski definition) is 7. The summed E-state index contributed by atoms with van der Waals surface area (Å²) in [5.74, 6) is 0.278. The first-order valence-electron chi connectivity index (χ1n) is 11.2. The summed E-state index contributed by atoms with van der Waals surface area (Å²) in [6, 6.07) is 6.08. The quantitative estimate of drug-likeness (QED) is 0.542. The first-order chi connectivity index (χ1) is 16.5. The number of anilines is 1. The van der Waals surface area contributed by atoms with Gasteiger partial charge in [0.1, 0.15) is 23.4 Å². The van der Waals surface area contributed by atoms with E-state index in [0.29, 0.717) is 33.5 Å². The number of nitrogens with one attached hydrogen (secondary N) is 1. The van der Waals surface area contributed by atoms with Crippen LogP contribution in [0.4, 0.5) is 14.6 Å². The topological polar surface area (TPSA) is 103 Å². The monoisotopic (exact) mass is 506 g/mol. The minimum Gasteiger partial charge on any atom is -0.373 e. The second-order valence-corrected chi connectivity index (χ2v) is 11.3. The standard InChI is InChI=1S/C24H28F2N4O4S/c1-14-16(6-5-7-17(14)20(25)26)15(2)29-21-18-12-19(23(31)30(3)22(18)28-13-27-21)24(34-4)8-10-35(32,33)11-9-24/h5-7,12-13,15,20H,8-11H2,1-4H3,(H,27,28,29)/t15-/m1/s1. The molecule has 1 N–H and O–H groups in total. The Bertz CT molecular complexity index is 1430. The number of alkyl halides is 2. The van der Waals surface area contributed by atoms with Gasteiger partial charge in [-0.15, -0.1) is 0 Å². The number of benzene rings is 1. The molecule has 3 heterocycles. The second kappa shape index (κ2) is 9.27. The number of fused-ring (bicyclic) bond motifs is 1. The van der Waals surface area contributed by atoms with Gasteiger partial charge in [0.15, 0.2) is 9.84 Å². The van der Waals surface area contributed by atoms with Crippen molar-refractivity contribution in [2.75, 3.05) is 23.9 Å². The second-order valence-electron chi connectivity index (χ2n) is 8.96. The third-order valence-electron chi connectivity index (χ3n) is 6.99. The van der Waals surface area contributed by atoms with Gasteiger partial charge in [0, 0.05) is 19.7 Å². The van der Waals surface area contributed by atoms with Gasteiger partial charge in [-0.25, -0.2) is 27.2 Å². The van der Waals surface area contributed by atoms with E-state index in [4.69, 9.17) is 4.74 Å². The van der Waals surface area contributed by atoms with Crippen molar-refractivity contribution in [2.45, 2.75) is 44.8 Å². The van der Waals surface area contributed by atoms with Crippen LogP contribution >= 0.6 is 0 Å². The van der Waals surface area contributed by atoms with Crippen LogP contribution in [-0.2, 0) is 27.2 Å². The predicted molar refractivity (Wildman–Crippen MR) is 130 cm³/mol. The fourth-order valence-electron chi connectivity index (χ4n) is 4.82. The molecule has 11 heteroatoms. The average molecular weight is 507 g/mol. The lowest BCUT2D eigenvalue weighted by Gasteiger charge is -2.36. The van der Waals surface area contributed by atoms with E-state index in [1.165, 1.54) is 24.1 Å². The number of halogens is 2. The van der Waals surface area contributed by atoms with E-state index in [1.807, 2.05) is 6.92 Å². The zero-order chi connectivity index (χ0) is 25.5. The Morgan fingerprint density at radius 1 is 1.17 bits per heavy atom. The largest absolute Gasteiger partial charge is 0.373 e. The van der Waals surface area contributed by atoms with E-state index < -0.39 is 21.9 Å². The van der Waals surface area contributed by atoms with Gasteiger partial charge in [0.2, 0.25) is 0 Å². The molecule has 1 fully saturated rings. The summed E-state index contributed by atoms with van der Waals surface area (Å²) < 4.78 is 58.1. The molecule has 35 heavy (non-hydrogen) atoms. The lowest BCUT2D eigenvalue weighted by molar-refractivity contribution is -0.0244. The molecule has 0 radical (unpaired) electrons. The molecule has 1 aliphatic heterocycles. The van der Waals surface area contributed by atoms with Crippen LogP contribution in [0.25, 0.3) is 11.0 Å². The maximum absolute atomic E-state index is 13.4. The van der Waals surface area contributed by atoms with E-state index in [0.717, 1.165) is 0 Å². The van der Waals surface area contributed by atoms with Gasteiger partial charge in [-0.05, 0) is 43.9 Å². The van der Waals surface area contributed by atoms with Crippen LogP contribution < -0.4 is 10.9 Å². The molecule has 1 atom stereocenters. The molecule has 0 spiro atoms. The molecule has 1 aromatic carbocycles. The van der Waals surface area contributed by atoms with Crippen molar-refractivity contribution in [1.29, 1.82) is 0 Å². The van der Waals surface area contributed by atoms with Crippen LogP contribution in [0.5, 0.6) is 0 Å². The van der Waals surface area contributed by atoms with Crippen molar-refractivity contribution in [3.63, 3.8) is 0 Å². The molecule has 0 bridgehead atoms. The van der Waals surface area contributed by atoms with Crippen molar-refractivity contribution < 1.29 is 21.9 Å². The van der Waals surface area contributed by atoms with Crippen molar-refractivity contribution in [1.82, 2.24) is 14.5 Å². The third kappa shape index (κ3) is 4.54. The van der Waals surface area contributed by atoms with Crippen LogP contribution in [0.2, 0.25) is 0 Å². The number of aryl methyl sites for hydroxylation is 1. The van der Waals surface area contributed by atoms with E-state index in [9.17, 15) is 22.0 Å².